The number of nitrogens with zero attached hydrogens (tertiary/aromatic N) is 1. The number of hydroxylamine groups is 1. The molecule has 100 valence electrons. The van der Waals surface area contributed by atoms with E-state index < -0.39 is 5.91 Å². The van der Waals surface area contributed by atoms with E-state index in [1.54, 1.807) is 35.8 Å². The van der Waals surface area contributed by atoms with Gasteiger partial charge in [0, 0.05) is 5.56 Å². The number of ether oxygens (including phenoxy) is 1. The summed E-state index contributed by atoms with van der Waals surface area (Å²) < 4.78 is 5.56. The van der Waals surface area contributed by atoms with Crippen LogP contribution in [0.2, 0.25) is 0 Å². The molecule has 0 heterocycles. The van der Waals surface area contributed by atoms with Gasteiger partial charge in [-0.15, -0.1) is 0 Å². The molecule has 0 aliphatic carbocycles. The maximum absolute atomic E-state index is 11.3. The third kappa shape index (κ3) is 3.34. The topological polar surface area (TPSA) is 82.3 Å². The van der Waals surface area contributed by atoms with Crippen molar-refractivity contribution in [2.45, 2.75) is 6.61 Å². The number of carbonyl (C=O) groups is 1. The van der Waals surface area contributed by atoms with E-state index in [1.165, 1.54) is 6.07 Å². The maximum atomic E-state index is 11.3. The summed E-state index contributed by atoms with van der Waals surface area (Å²) in [5.41, 5.74) is 3.39. The van der Waals surface area contributed by atoms with E-state index in [-0.39, 0.29) is 0 Å². The first-order chi connectivity index (χ1) is 9.72. The molecule has 5 nitrogen and oxygen atoms in total. The van der Waals surface area contributed by atoms with Gasteiger partial charge in [0.1, 0.15) is 12.4 Å². The van der Waals surface area contributed by atoms with Crippen LogP contribution in [0, 0.1) is 11.3 Å². The number of nitrogens with one attached hydrogen (secondary N) is 1. The lowest BCUT2D eigenvalue weighted by Crippen LogP contribution is -2.18. The number of hydrogen-bond donors (Lipinski definition) is 2. The standard InChI is InChI=1S/C15H12N2O3/c16-9-11-4-6-12(7-5-11)10-20-14-3-1-2-13(8-14)15(18)17-19/h1-8,19H,10H2,(H,17,18). The van der Waals surface area contributed by atoms with Crippen LogP contribution in [-0.4, -0.2) is 11.1 Å². The first-order valence-electron chi connectivity index (χ1n) is 5.89. The Morgan fingerprint density at radius 1 is 1.25 bits per heavy atom. The second-order valence-electron chi connectivity index (χ2n) is 4.07. The molecular weight excluding hydrogens is 256 g/mol. The monoisotopic (exact) mass is 268 g/mol. The molecule has 0 aliphatic rings. The fourth-order valence-corrected chi connectivity index (χ4v) is 1.63. The van der Waals surface area contributed by atoms with Gasteiger partial charge in [-0.1, -0.05) is 18.2 Å². The average molecular weight is 268 g/mol. The number of amides is 1. The van der Waals surface area contributed by atoms with Crippen molar-refractivity contribution >= 4 is 5.91 Å². The zero-order chi connectivity index (χ0) is 14.4. The Labute approximate surface area is 116 Å². The molecule has 20 heavy (non-hydrogen) atoms. The van der Waals surface area contributed by atoms with Crippen LogP contribution in [0.15, 0.2) is 48.5 Å². The third-order valence-corrected chi connectivity index (χ3v) is 2.69. The first-order valence-corrected chi connectivity index (χ1v) is 5.89. The second-order valence-corrected chi connectivity index (χ2v) is 4.07. The van der Waals surface area contributed by atoms with Gasteiger partial charge in [-0.25, -0.2) is 5.48 Å². The highest BCUT2D eigenvalue weighted by Gasteiger charge is 2.05. The molecule has 0 atom stereocenters. The Balaban J connectivity index is 2.03. The predicted octanol–water partition coefficient (Wildman–Crippen LogP) is 2.26. The smallest absolute Gasteiger partial charge is 0.274 e. The van der Waals surface area contributed by atoms with Crippen LogP contribution in [0.25, 0.3) is 0 Å². The number of nitriles is 1. The maximum Gasteiger partial charge on any atom is 0.274 e. The highest BCUT2D eigenvalue weighted by Crippen LogP contribution is 2.15. The molecule has 2 N–H and O–H groups in total. The van der Waals surface area contributed by atoms with Crippen LogP contribution < -0.4 is 10.2 Å². The highest BCUT2D eigenvalue weighted by molar-refractivity contribution is 5.93. The summed E-state index contributed by atoms with van der Waals surface area (Å²) in [6, 6.07) is 15.6. The molecule has 0 aliphatic heterocycles. The van der Waals surface area contributed by atoms with Crippen molar-refractivity contribution in [3.8, 4) is 11.8 Å². The minimum absolute atomic E-state index is 0.310. The van der Waals surface area contributed by atoms with Gasteiger partial charge in [-0.3, -0.25) is 10.0 Å². The molecule has 0 spiro atoms. The summed E-state index contributed by atoms with van der Waals surface area (Å²) in [5.74, 6) is -0.0655. The molecule has 1 amide bonds. The highest BCUT2D eigenvalue weighted by atomic mass is 16.5. The SMILES string of the molecule is N#Cc1ccc(COc2cccc(C(=O)NO)c2)cc1. The lowest BCUT2D eigenvalue weighted by molar-refractivity contribution is 0.0706. The van der Waals surface area contributed by atoms with Gasteiger partial charge in [-0.2, -0.15) is 5.26 Å². The second kappa shape index (κ2) is 6.36. The van der Waals surface area contributed by atoms with E-state index >= 15 is 0 Å². The molecule has 0 unspecified atom stereocenters. The fourth-order valence-electron chi connectivity index (χ4n) is 1.63. The van der Waals surface area contributed by atoms with E-state index in [1.807, 2.05) is 18.2 Å². The van der Waals surface area contributed by atoms with Crippen LogP contribution in [-0.2, 0) is 6.61 Å². The van der Waals surface area contributed by atoms with E-state index in [4.69, 9.17) is 15.2 Å². The zero-order valence-corrected chi connectivity index (χ0v) is 10.5. The summed E-state index contributed by atoms with van der Waals surface area (Å²) >= 11 is 0. The molecule has 0 bridgehead atoms. The van der Waals surface area contributed by atoms with Crippen LogP contribution >= 0.6 is 0 Å². The molecule has 0 fully saturated rings. The van der Waals surface area contributed by atoms with Crippen molar-refractivity contribution in [2.75, 3.05) is 0 Å². The number of benzene rings is 2. The number of rotatable bonds is 4. The van der Waals surface area contributed by atoms with Crippen molar-refractivity contribution in [1.82, 2.24) is 5.48 Å². The van der Waals surface area contributed by atoms with Crippen molar-refractivity contribution in [3.05, 3.63) is 65.2 Å². The zero-order valence-electron chi connectivity index (χ0n) is 10.5. The van der Waals surface area contributed by atoms with E-state index in [0.29, 0.717) is 23.5 Å². The van der Waals surface area contributed by atoms with Crippen LogP contribution in [0.4, 0.5) is 0 Å². The van der Waals surface area contributed by atoms with Crippen molar-refractivity contribution in [3.63, 3.8) is 0 Å². The average Bonchev–Trinajstić information content (AvgIpc) is 2.53. The van der Waals surface area contributed by atoms with Crippen molar-refractivity contribution in [1.29, 1.82) is 5.26 Å². The summed E-state index contributed by atoms with van der Waals surface area (Å²) in [6.07, 6.45) is 0. The number of hydrogen-bond acceptors (Lipinski definition) is 4. The van der Waals surface area contributed by atoms with Gasteiger partial charge in [0.05, 0.1) is 11.6 Å². The molecule has 0 saturated carbocycles. The minimum atomic E-state index is -0.589. The lowest BCUT2D eigenvalue weighted by atomic mass is 10.1. The minimum Gasteiger partial charge on any atom is -0.489 e. The molecule has 2 aromatic carbocycles. The lowest BCUT2D eigenvalue weighted by Gasteiger charge is -2.07. The van der Waals surface area contributed by atoms with Gasteiger partial charge in [0.25, 0.3) is 5.91 Å². The Morgan fingerprint density at radius 2 is 2.00 bits per heavy atom. The summed E-state index contributed by atoms with van der Waals surface area (Å²) in [7, 11) is 0. The molecule has 2 aromatic rings. The molecule has 2 rings (SSSR count). The number of carbonyl (C=O) groups excluding carboxylic acids is 1. The van der Waals surface area contributed by atoms with E-state index in [9.17, 15) is 4.79 Å². The quantitative estimate of drug-likeness (QED) is 0.658. The molecule has 5 heteroatoms. The Kier molecular flexibility index (Phi) is 4.32. The Bertz CT molecular complexity index is 645. The third-order valence-electron chi connectivity index (χ3n) is 2.69. The van der Waals surface area contributed by atoms with Crippen LogP contribution in [0.5, 0.6) is 5.75 Å². The van der Waals surface area contributed by atoms with Gasteiger partial charge in [-0.05, 0) is 35.9 Å². The largest absolute Gasteiger partial charge is 0.489 e. The van der Waals surface area contributed by atoms with E-state index in [0.717, 1.165) is 5.56 Å². The molecule has 0 radical (unpaired) electrons. The summed E-state index contributed by atoms with van der Waals surface area (Å²) in [4.78, 5) is 11.3. The van der Waals surface area contributed by atoms with Crippen LogP contribution in [0.1, 0.15) is 21.5 Å². The predicted molar refractivity (Wildman–Crippen MR) is 71.2 cm³/mol. The Morgan fingerprint density at radius 3 is 2.65 bits per heavy atom. The fraction of sp³-hybridized carbons (Fsp3) is 0.0667. The van der Waals surface area contributed by atoms with Crippen molar-refractivity contribution in [2.24, 2.45) is 0 Å². The molecular formula is C15H12N2O3. The first kappa shape index (κ1) is 13.6. The Hall–Kier alpha value is -2.84. The van der Waals surface area contributed by atoms with Crippen molar-refractivity contribution < 1.29 is 14.7 Å². The molecule has 0 aromatic heterocycles. The van der Waals surface area contributed by atoms with Gasteiger partial charge >= 0.3 is 0 Å². The normalized spacial score (nSPS) is 9.60. The van der Waals surface area contributed by atoms with Crippen LogP contribution in [0.3, 0.4) is 0 Å². The summed E-state index contributed by atoms with van der Waals surface area (Å²) in [5, 5.41) is 17.3. The van der Waals surface area contributed by atoms with E-state index in [2.05, 4.69) is 0 Å². The summed E-state index contributed by atoms with van der Waals surface area (Å²) in [6.45, 7) is 0.329. The van der Waals surface area contributed by atoms with Gasteiger partial charge < -0.3 is 4.74 Å². The van der Waals surface area contributed by atoms with Gasteiger partial charge in [0.15, 0.2) is 0 Å². The molecule has 0 saturated heterocycles. The van der Waals surface area contributed by atoms with Gasteiger partial charge in [0.2, 0.25) is 0 Å².